The zero-order valence-corrected chi connectivity index (χ0v) is 16.8. The Hall–Kier alpha value is -2.77. The second kappa shape index (κ2) is 8.93. The molecule has 3 rings (SSSR count). The Balaban J connectivity index is 1.62. The van der Waals surface area contributed by atoms with Crippen LogP contribution in [0.1, 0.15) is 37.3 Å². The van der Waals surface area contributed by atoms with Gasteiger partial charge in [0.2, 0.25) is 5.91 Å². The third-order valence-electron chi connectivity index (χ3n) is 5.19. The summed E-state index contributed by atoms with van der Waals surface area (Å²) in [5, 5.41) is 2.78. The molecule has 1 aliphatic heterocycles. The minimum Gasteiger partial charge on any atom is -0.489 e. The molecular formula is C22H24F4N2O2. The molecule has 1 saturated heterocycles. The predicted molar refractivity (Wildman–Crippen MR) is 106 cm³/mol. The molecule has 1 heterocycles. The highest BCUT2D eigenvalue weighted by molar-refractivity contribution is 5.83. The van der Waals surface area contributed by atoms with Crippen LogP contribution in [0.15, 0.2) is 42.5 Å². The van der Waals surface area contributed by atoms with Crippen molar-refractivity contribution in [1.29, 1.82) is 0 Å². The van der Waals surface area contributed by atoms with Crippen LogP contribution in [-0.2, 0) is 11.0 Å². The van der Waals surface area contributed by atoms with Crippen LogP contribution in [0.3, 0.4) is 0 Å². The number of ether oxygens (including phenoxy) is 1. The maximum Gasteiger partial charge on any atom is 0.419 e. The minimum atomic E-state index is -4.73. The molecular weight excluding hydrogens is 400 g/mol. The Labute approximate surface area is 172 Å². The Kier molecular flexibility index (Phi) is 6.53. The van der Waals surface area contributed by atoms with Crippen LogP contribution >= 0.6 is 0 Å². The molecule has 2 unspecified atom stereocenters. The fraction of sp³-hybridized carbons (Fsp3) is 0.409. The lowest BCUT2D eigenvalue weighted by Gasteiger charge is -2.21. The monoisotopic (exact) mass is 424 g/mol. The number of carbonyl (C=O) groups is 1. The van der Waals surface area contributed by atoms with E-state index in [1.165, 1.54) is 6.07 Å². The topological polar surface area (TPSA) is 41.6 Å². The van der Waals surface area contributed by atoms with E-state index in [1.807, 2.05) is 26.0 Å². The third kappa shape index (κ3) is 5.04. The highest BCUT2D eigenvalue weighted by Gasteiger charge is 2.35. The second-order valence-electron chi connectivity index (χ2n) is 7.32. The normalized spacial score (nSPS) is 17.7. The highest BCUT2D eigenvalue weighted by Crippen LogP contribution is 2.35. The lowest BCUT2D eigenvalue weighted by molar-refractivity contribution is -0.140. The van der Waals surface area contributed by atoms with Gasteiger partial charge in [0.1, 0.15) is 17.7 Å². The van der Waals surface area contributed by atoms with Crippen molar-refractivity contribution in [3.05, 3.63) is 59.4 Å². The van der Waals surface area contributed by atoms with Crippen LogP contribution in [0.4, 0.5) is 23.2 Å². The first kappa shape index (κ1) is 21.9. The highest BCUT2D eigenvalue weighted by atomic mass is 19.4. The van der Waals surface area contributed by atoms with Gasteiger partial charge in [0.25, 0.3) is 0 Å². The molecule has 4 nitrogen and oxygen atoms in total. The van der Waals surface area contributed by atoms with Gasteiger partial charge in [-0.3, -0.25) is 4.79 Å². The van der Waals surface area contributed by atoms with E-state index in [4.69, 9.17) is 4.74 Å². The van der Waals surface area contributed by atoms with E-state index in [2.05, 4.69) is 5.32 Å². The maximum absolute atomic E-state index is 13.5. The quantitative estimate of drug-likeness (QED) is 0.681. The van der Waals surface area contributed by atoms with E-state index in [-0.39, 0.29) is 17.9 Å². The number of halogens is 4. The SMILES string of the molecule is CCNC(=O)C(C)c1ccc(OC2CCN(c3ccc(F)c(C(F)(F)F)c3)C2)cc1. The van der Waals surface area contributed by atoms with Gasteiger partial charge in [0.05, 0.1) is 18.0 Å². The number of hydrogen-bond donors (Lipinski definition) is 1. The van der Waals surface area contributed by atoms with Gasteiger partial charge in [-0.2, -0.15) is 13.2 Å². The summed E-state index contributed by atoms with van der Waals surface area (Å²) in [5.74, 6) is -0.971. The van der Waals surface area contributed by atoms with Gasteiger partial charge in [-0.1, -0.05) is 12.1 Å². The molecule has 0 bridgehead atoms. The molecule has 162 valence electrons. The predicted octanol–water partition coefficient (Wildman–Crippen LogP) is 4.74. The minimum absolute atomic E-state index is 0.0462. The molecule has 2 aromatic rings. The van der Waals surface area contributed by atoms with E-state index in [0.29, 0.717) is 37.5 Å². The average molecular weight is 424 g/mol. The van der Waals surface area contributed by atoms with Crippen molar-refractivity contribution < 1.29 is 27.1 Å². The number of likely N-dealkylation sites (N-methyl/N-ethyl adjacent to an activating group) is 1. The van der Waals surface area contributed by atoms with Crippen molar-refractivity contribution in [1.82, 2.24) is 5.32 Å². The molecule has 2 aromatic carbocycles. The lowest BCUT2D eigenvalue weighted by Crippen LogP contribution is -2.27. The number of benzene rings is 2. The Morgan fingerprint density at radius 3 is 2.57 bits per heavy atom. The van der Waals surface area contributed by atoms with Crippen molar-refractivity contribution in [2.75, 3.05) is 24.5 Å². The van der Waals surface area contributed by atoms with Gasteiger partial charge < -0.3 is 15.0 Å². The van der Waals surface area contributed by atoms with Gasteiger partial charge in [-0.15, -0.1) is 0 Å². The van der Waals surface area contributed by atoms with Gasteiger partial charge in [-0.05, 0) is 49.7 Å². The Morgan fingerprint density at radius 2 is 1.93 bits per heavy atom. The first-order valence-electron chi connectivity index (χ1n) is 9.85. The van der Waals surface area contributed by atoms with Crippen molar-refractivity contribution in [2.24, 2.45) is 0 Å². The molecule has 1 N–H and O–H groups in total. The van der Waals surface area contributed by atoms with E-state index in [9.17, 15) is 22.4 Å². The molecule has 1 fully saturated rings. The molecule has 1 aliphatic rings. The molecule has 2 atom stereocenters. The zero-order valence-electron chi connectivity index (χ0n) is 16.8. The molecule has 1 amide bonds. The van der Waals surface area contributed by atoms with Crippen LogP contribution in [0.2, 0.25) is 0 Å². The first-order valence-corrected chi connectivity index (χ1v) is 9.85. The van der Waals surface area contributed by atoms with Gasteiger partial charge in [0.15, 0.2) is 0 Å². The molecule has 0 aliphatic carbocycles. The second-order valence-corrected chi connectivity index (χ2v) is 7.32. The van der Waals surface area contributed by atoms with Gasteiger partial charge >= 0.3 is 6.18 Å². The Bertz CT molecular complexity index is 884. The van der Waals surface area contributed by atoms with E-state index in [1.54, 1.807) is 17.0 Å². The Morgan fingerprint density at radius 1 is 1.23 bits per heavy atom. The smallest absolute Gasteiger partial charge is 0.419 e. The van der Waals surface area contributed by atoms with Crippen LogP contribution < -0.4 is 15.0 Å². The first-order chi connectivity index (χ1) is 14.2. The number of hydrogen-bond acceptors (Lipinski definition) is 3. The van der Waals surface area contributed by atoms with Crippen molar-refractivity contribution >= 4 is 11.6 Å². The van der Waals surface area contributed by atoms with Gasteiger partial charge in [-0.25, -0.2) is 4.39 Å². The van der Waals surface area contributed by atoms with Crippen LogP contribution in [0.5, 0.6) is 5.75 Å². The molecule has 0 aromatic heterocycles. The molecule has 0 saturated carbocycles. The van der Waals surface area contributed by atoms with E-state index in [0.717, 1.165) is 17.7 Å². The fourth-order valence-corrected chi connectivity index (χ4v) is 3.49. The summed E-state index contributed by atoms with van der Waals surface area (Å²) in [7, 11) is 0. The molecule has 30 heavy (non-hydrogen) atoms. The van der Waals surface area contributed by atoms with Crippen molar-refractivity contribution in [3.63, 3.8) is 0 Å². The number of rotatable bonds is 6. The summed E-state index contributed by atoms with van der Waals surface area (Å²) in [5.41, 5.74) is -0.0746. The standard InChI is InChI=1S/C22H24F4N2O2/c1-3-27-21(29)14(2)15-4-7-17(8-5-15)30-18-10-11-28(13-18)16-6-9-20(23)19(12-16)22(24,25)26/h4-9,12,14,18H,3,10-11,13H2,1-2H3,(H,27,29). The lowest BCUT2D eigenvalue weighted by atomic mass is 10.0. The summed E-state index contributed by atoms with van der Waals surface area (Å²) < 4.78 is 58.3. The molecule has 0 radical (unpaired) electrons. The molecule has 8 heteroatoms. The number of carbonyl (C=O) groups excluding carboxylic acids is 1. The largest absolute Gasteiger partial charge is 0.489 e. The molecule has 0 spiro atoms. The fourth-order valence-electron chi connectivity index (χ4n) is 3.49. The summed E-state index contributed by atoms with van der Waals surface area (Å²) >= 11 is 0. The zero-order chi connectivity index (χ0) is 21.9. The van der Waals surface area contributed by atoms with Crippen LogP contribution in [0.25, 0.3) is 0 Å². The number of nitrogens with zero attached hydrogens (tertiary/aromatic N) is 1. The maximum atomic E-state index is 13.5. The number of amides is 1. The summed E-state index contributed by atoms with van der Waals surface area (Å²) in [6.07, 6.45) is -4.30. The number of nitrogens with one attached hydrogen (secondary N) is 1. The summed E-state index contributed by atoms with van der Waals surface area (Å²) in [4.78, 5) is 13.7. The summed E-state index contributed by atoms with van der Waals surface area (Å²) in [6.45, 7) is 5.18. The number of alkyl halides is 3. The average Bonchev–Trinajstić information content (AvgIpc) is 3.16. The van der Waals surface area contributed by atoms with Crippen molar-refractivity contribution in [3.8, 4) is 5.75 Å². The summed E-state index contributed by atoms with van der Waals surface area (Å²) in [6, 6.07) is 10.3. The van der Waals surface area contributed by atoms with Crippen LogP contribution in [-0.4, -0.2) is 31.6 Å². The van der Waals surface area contributed by atoms with E-state index < -0.39 is 17.6 Å². The van der Waals surface area contributed by atoms with E-state index >= 15 is 0 Å². The van der Waals surface area contributed by atoms with Crippen molar-refractivity contribution in [2.45, 2.75) is 38.5 Å². The van der Waals surface area contributed by atoms with Crippen LogP contribution in [0, 0.1) is 5.82 Å². The number of anilines is 1. The van der Waals surface area contributed by atoms with Gasteiger partial charge in [0, 0.05) is 25.2 Å². The third-order valence-corrected chi connectivity index (χ3v) is 5.19.